The van der Waals surface area contributed by atoms with Crippen LogP contribution >= 0.6 is 11.6 Å². The minimum atomic E-state index is -1.47. The standard InChI is InChI=1S/C26H34ClNO6/c1-18(19-11-13-21(27)14-12-19)26(5,28(17-32-6)24(31)34-25(2,3)4)23(30)33-16-15-20-9-7-8-10-22(20)29/h7-14,18,29H,15-17H2,1-6H3/t18?,26-/m0/s1. The number of para-hydroxylation sites is 1. The van der Waals surface area contributed by atoms with Crippen molar-refractivity contribution in [2.24, 2.45) is 0 Å². The van der Waals surface area contributed by atoms with Gasteiger partial charge in [-0.3, -0.25) is 4.90 Å². The average molecular weight is 492 g/mol. The van der Waals surface area contributed by atoms with Crippen molar-refractivity contribution in [2.45, 2.75) is 58.1 Å². The molecule has 2 aromatic rings. The molecule has 2 atom stereocenters. The van der Waals surface area contributed by atoms with E-state index in [1.54, 1.807) is 76.2 Å². The summed E-state index contributed by atoms with van der Waals surface area (Å²) >= 11 is 6.05. The third kappa shape index (κ3) is 6.87. The van der Waals surface area contributed by atoms with E-state index in [4.69, 9.17) is 25.8 Å². The molecule has 0 aliphatic heterocycles. The van der Waals surface area contributed by atoms with Gasteiger partial charge < -0.3 is 19.3 Å². The number of phenols is 1. The molecule has 7 nitrogen and oxygen atoms in total. The number of methoxy groups -OCH3 is 1. The number of phenolic OH excluding ortho intramolecular Hbond substituents is 1. The van der Waals surface area contributed by atoms with E-state index in [1.807, 2.05) is 6.92 Å². The Kier molecular flexibility index (Phi) is 9.36. The fourth-order valence-electron chi connectivity index (χ4n) is 3.54. The highest BCUT2D eigenvalue weighted by Gasteiger charge is 2.50. The molecule has 1 amide bonds. The fourth-order valence-corrected chi connectivity index (χ4v) is 3.67. The molecule has 0 spiro atoms. The lowest BCUT2D eigenvalue weighted by Crippen LogP contribution is -2.60. The summed E-state index contributed by atoms with van der Waals surface area (Å²) in [6.07, 6.45) is -0.379. The maximum Gasteiger partial charge on any atom is 0.413 e. The smallest absolute Gasteiger partial charge is 0.413 e. The van der Waals surface area contributed by atoms with Gasteiger partial charge in [-0.25, -0.2) is 9.59 Å². The van der Waals surface area contributed by atoms with E-state index in [0.29, 0.717) is 17.0 Å². The Morgan fingerprint density at radius 3 is 2.24 bits per heavy atom. The van der Waals surface area contributed by atoms with Gasteiger partial charge in [0.2, 0.25) is 0 Å². The van der Waals surface area contributed by atoms with Gasteiger partial charge in [0, 0.05) is 24.5 Å². The molecule has 2 rings (SSSR count). The monoisotopic (exact) mass is 491 g/mol. The van der Waals surface area contributed by atoms with Crippen molar-refractivity contribution in [1.82, 2.24) is 4.90 Å². The van der Waals surface area contributed by atoms with E-state index in [2.05, 4.69) is 0 Å². The van der Waals surface area contributed by atoms with E-state index < -0.39 is 29.1 Å². The number of ether oxygens (including phenoxy) is 3. The Bertz CT molecular complexity index is 972. The molecule has 1 unspecified atom stereocenters. The molecule has 0 saturated carbocycles. The van der Waals surface area contributed by atoms with Gasteiger partial charge in [0.05, 0.1) is 6.61 Å². The van der Waals surface area contributed by atoms with Gasteiger partial charge in [-0.15, -0.1) is 0 Å². The summed E-state index contributed by atoms with van der Waals surface area (Å²) in [6, 6.07) is 13.9. The first kappa shape index (κ1) is 27.5. The molecule has 0 saturated heterocycles. The molecule has 0 aliphatic rings. The van der Waals surface area contributed by atoms with E-state index in [9.17, 15) is 14.7 Å². The number of carbonyl (C=O) groups is 2. The van der Waals surface area contributed by atoms with Gasteiger partial charge in [-0.1, -0.05) is 48.9 Å². The number of amides is 1. The van der Waals surface area contributed by atoms with Gasteiger partial charge in [-0.2, -0.15) is 0 Å². The summed E-state index contributed by atoms with van der Waals surface area (Å²) in [5.41, 5.74) is -0.800. The minimum Gasteiger partial charge on any atom is -0.508 e. The number of aromatic hydroxyl groups is 1. The van der Waals surface area contributed by atoms with Crippen molar-refractivity contribution in [2.75, 3.05) is 20.4 Å². The number of esters is 1. The Labute approximate surface area is 206 Å². The van der Waals surface area contributed by atoms with Gasteiger partial charge in [0.25, 0.3) is 0 Å². The normalized spacial score (nSPS) is 14.1. The van der Waals surface area contributed by atoms with E-state index in [1.165, 1.54) is 12.0 Å². The maximum atomic E-state index is 13.6. The molecule has 8 heteroatoms. The predicted octanol–water partition coefficient (Wildman–Crippen LogP) is 5.53. The van der Waals surface area contributed by atoms with Crippen molar-refractivity contribution in [3.63, 3.8) is 0 Å². The van der Waals surface area contributed by atoms with Crippen LogP contribution in [0.3, 0.4) is 0 Å². The Morgan fingerprint density at radius 2 is 1.68 bits per heavy atom. The molecule has 186 valence electrons. The third-order valence-corrected chi connectivity index (χ3v) is 5.91. The van der Waals surface area contributed by atoms with Crippen LogP contribution in [0.1, 0.15) is 51.7 Å². The van der Waals surface area contributed by atoms with Crippen LogP contribution in [-0.2, 0) is 25.4 Å². The Balaban J connectivity index is 2.39. The molecular formula is C26H34ClNO6. The molecule has 34 heavy (non-hydrogen) atoms. The van der Waals surface area contributed by atoms with E-state index in [-0.39, 0.29) is 19.1 Å². The molecule has 0 aliphatic carbocycles. The summed E-state index contributed by atoms with van der Waals surface area (Å²) in [5, 5.41) is 10.6. The molecule has 0 radical (unpaired) electrons. The van der Waals surface area contributed by atoms with Crippen LogP contribution in [0.4, 0.5) is 4.79 Å². The lowest BCUT2D eigenvalue weighted by atomic mass is 9.80. The van der Waals surface area contributed by atoms with Crippen molar-refractivity contribution in [3.05, 3.63) is 64.7 Å². The molecule has 1 N–H and O–H groups in total. The average Bonchev–Trinajstić information content (AvgIpc) is 2.77. The van der Waals surface area contributed by atoms with Crippen molar-refractivity contribution in [1.29, 1.82) is 0 Å². The van der Waals surface area contributed by atoms with Crippen molar-refractivity contribution >= 4 is 23.7 Å². The SMILES string of the molecule is COCN(C(=O)OC(C)(C)C)[C@](C)(C(=O)OCCc1ccccc1O)C(C)c1ccc(Cl)cc1. The fraction of sp³-hybridized carbons (Fsp3) is 0.462. The number of rotatable bonds is 9. The molecule has 0 aromatic heterocycles. The highest BCUT2D eigenvalue weighted by molar-refractivity contribution is 6.30. The number of halogens is 1. The lowest BCUT2D eigenvalue weighted by Gasteiger charge is -2.43. The summed E-state index contributed by atoms with van der Waals surface area (Å²) in [5.74, 6) is -0.982. The summed E-state index contributed by atoms with van der Waals surface area (Å²) in [4.78, 5) is 28.0. The van der Waals surface area contributed by atoms with Crippen LogP contribution in [0, 0.1) is 0 Å². The molecular weight excluding hydrogens is 458 g/mol. The van der Waals surface area contributed by atoms with Gasteiger partial charge in [-0.05, 0) is 57.0 Å². The largest absolute Gasteiger partial charge is 0.508 e. The topological polar surface area (TPSA) is 85.3 Å². The second-order valence-electron chi connectivity index (χ2n) is 9.26. The van der Waals surface area contributed by atoms with Crippen LogP contribution in [0.25, 0.3) is 0 Å². The Morgan fingerprint density at radius 1 is 1.06 bits per heavy atom. The maximum absolute atomic E-state index is 13.6. The second-order valence-corrected chi connectivity index (χ2v) is 9.70. The third-order valence-electron chi connectivity index (χ3n) is 5.66. The zero-order valence-corrected chi connectivity index (χ0v) is 21.4. The Hall–Kier alpha value is -2.77. The zero-order chi connectivity index (χ0) is 25.5. The van der Waals surface area contributed by atoms with Crippen LogP contribution in [-0.4, -0.2) is 53.7 Å². The highest BCUT2D eigenvalue weighted by atomic mass is 35.5. The lowest BCUT2D eigenvalue weighted by molar-refractivity contribution is -0.162. The number of nitrogens with zero attached hydrogens (tertiary/aromatic N) is 1. The van der Waals surface area contributed by atoms with Gasteiger partial charge in [0.1, 0.15) is 23.6 Å². The van der Waals surface area contributed by atoms with Crippen molar-refractivity contribution < 1.29 is 28.9 Å². The first-order valence-corrected chi connectivity index (χ1v) is 11.5. The van der Waals surface area contributed by atoms with Crippen LogP contribution in [0.15, 0.2) is 48.5 Å². The molecule has 0 heterocycles. The second kappa shape index (κ2) is 11.6. The first-order chi connectivity index (χ1) is 15.9. The van der Waals surface area contributed by atoms with Gasteiger partial charge in [0.15, 0.2) is 0 Å². The number of carbonyl (C=O) groups excluding carboxylic acids is 2. The summed E-state index contributed by atoms with van der Waals surface area (Å²) in [6.45, 7) is 8.56. The van der Waals surface area contributed by atoms with E-state index >= 15 is 0 Å². The quantitative estimate of drug-likeness (QED) is 0.366. The van der Waals surface area contributed by atoms with E-state index in [0.717, 1.165) is 5.56 Å². The number of hydrogen-bond donors (Lipinski definition) is 1. The number of benzene rings is 2. The molecule has 2 aromatic carbocycles. The minimum absolute atomic E-state index is 0.0223. The first-order valence-electron chi connectivity index (χ1n) is 11.1. The summed E-state index contributed by atoms with van der Waals surface area (Å²) < 4.78 is 16.5. The molecule has 0 fully saturated rings. The predicted molar refractivity (Wildman–Crippen MR) is 131 cm³/mol. The van der Waals surface area contributed by atoms with Gasteiger partial charge >= 0.3 is 12.1 Å². The zero-order valence-electron chi connectivity index (χ0n) is 20.6. The number of hydrogen-bond acceptors (Lipinski definition) is 6. The van der Waals surface area contributed by atoms with Crippen LogP contribution in [0.5, 0.6) is 5.75 Å². The summed E-state index contributed by atoms with van der Waals surface area (Å²) in [7, 11) is 1.44. The van der Waals surface area contributed by atoms with Crippen LogP contribution in [0.2, 0.25) is 5.02 Å². The van der Waals surface area contributed by atoms with Crippen molar-refractivity contribution in [3.8, 4) is 5.75 Å². The highest BCUT2D eigenvalue weighted by Crippen LogP contribution is 2.36. The molecule has 0 bridgehead atoms. The van der Waals surface area contributed by atoms with Crippen LogP contribution < -0.4 is 0 Å².